The van der Waals surface area contributed by atoms with Gasteiger partial charge >= 0.3 is 0 Å². The molecule has 0 unspecified atom stereocenters. The van der Waals surface area contributed by atoms with Crippen molar-refractivity contribution in [3.8, 4) is 0 Å². The second-order valence-electron chi connectivity index (χ2n) is 4.62. The smallest absolute Gasteiger partial charge is 0.106 e. The molecular weight excluding hydrogens is 290 g/mol. The lowest BCUT2D eigenvalue weighted by Gasteiger charge is -2.08. The minimum atomic E-state index is 0.423. The molecule has 3 nitrogen and oxygen atoms in total. The predicted octanol–water partition coefficient (Wildman–Crippen LogP) is 4.23. The van der Waals surface area contributed by atoms with Crippen molar-refractivity contribution in [1.29, 1.82) is 0 Å². The van der Waals surface area contributed by atoms with Crippen LogP contribution in [-0.4, -0.2) is 16.6 Å². The first-order valence-corrected chi connectivity index (χ1v) is 7.73. The Morgan fingerprint density at radius 3 is 2.50 bits per heavy atom. The lowest BCUT2D eigenvalue weighted by atomic mass is 10.2. The first-order valence-electron chi connectivity index (χ1n) is 6.53. The van der Waals surface area contributed by atoms with Crippen LogP contribution in [0, 0.1) is 6.92 Å². The minimum Gasteiger partial charge on any atom is -0.333 e. The van der Waals surface area contributed by atoms with Crippen molar-refractivity contribution in [2.75, 3.05) is 7.05 Å². The number of nitrogens with zero attached hydrogens (tertiary/aromatic N) is 2. The molecule has 0 aliphatic rings. The molecule has 1 heterocycles. The molecule has 0 atom stereocenters. The van der Waals surface area contributed by atoms with Gasteiger partial charge in [-0.2, -0.15) is 0 Å². The van der Waals surface area contributed by atoms with Crippen LogP contribution in [0.15, 0.2) is 34.2 Å². The highest BCUT2D eigenvalue weighted by Crippen LogP contribution is 2.34. The summed E-state index contributed by atoms with van der Waals surface area (Å²) in [5.74, 6) is 1.47. The number of benzene rings is 1. The largest absolute Gasteiger partial charge is 0.333 e. The average Bonchev–Trinajstić information content (AvgIpc) is 2.70. The number of nitrogens with two attached hydrogens (primary N) is 1. The lowest BCUT2D eigenvalue weighted by Crippen LogP contribution is -1.95. The van der Waals surface area contributed by atoms with E-state index in [1.165, 1.54) is 12.1 Å². The molecule has 1 aromatic heterocycles. The van der Waals surface area contributed by atoms with Crippen LogP contribution in [0.3, 0.4) is 0 Å². The van der Waals surface area contributed by atoms with E-state index in [1.807, 2.05) is 25.1 Å². The van der Waals surface area contributed by atoms with Crippen molar-refractivity contribution >= 4 is 23.4 Å². The molecule has 0 saturated carbocycles. The van der Waals surface area contributed by atoms with Gasteiger partial charge in [-0.05, 0) is 38.1 Å². The van der Waals surface area contributed by atoms with Gasteiger partial charge in [0.25, 0.3) is 0 Å². The van der Waals surface area contributed by atoms with Crippen molar-refractivity contribution in [1.82, 2.24) is 9.55 Å². The topological polar surface area (TPSA) is 43.8 Å². The average molecular weight is 312 g/mol. The molecule has 0 spiro atoms. The second-order valence-corrected chi connectivity index (χ2v) is 6.12. The maximum atomic E-state index is 6.02. The van der Waals surface area contributed by atoms with Gasteiger partial charge in [-0.3, -0.25) is 0 Å². The fraction of sp³-hybridized carbons (Fsp3) is 0.400. The minimum absolute atomic E-state index is 0.423. The first kappa shape index (κ1) is 17.1. The van der Waals surface area contributed by atoms with Crippen molar-refractivity contribution in [3.63, 3.8) is 0 Å². The van der Waals surface area contributed by atoms with E-state index in [0.29, 0.717) is 5.92 Å². The summed E-state index contributed by atoms with van der Waals surface area (Å²) >= 11 is 7.74. The van der Waals surface area contributed by atoms with Gasteiger partial charge in [0.05, 0.1) is 5.69 Å². The zero-order valence-electron chi connectivity index (χ0n) is 12.6. The molecule has 2 aromatic rings. The van der Waals surface area contributed by atoms with Crippen molar-refractivity contribution < 1.29 is 0 Å². The molecular formula is C15H22ClN3S. The Kier molecular flexibility index (Phi) is 6.59. The van der Waals surface area contributed by atoms with Crippen LogP contribution in [-0.2, 0) is 7.05 Å². The highest BCUT2D eigenvalue weighted by atomic mass is 35.5. The van der Waals surface area contributed by atoms with E-state index < -0.39 is 0 Å². The van der Waals surface area contributed by atoms with E-state index >= 15 is 0 Å². The van der Waals surface area contributed by atoms with E-state index in [0.717, 1.165) is 21.4 Å². The number of halogens is 1. The number of aryl methyl sites for hydroxylation is 1. The normalized spacial score (nSPS) is 10.4. The van der Waals surface area contributed by atoms with Crippen LogP contribution in [0.25, 0.3) is 0 Å². The zero-order valence-corrected chi connectivity index (χ0v) is 14.2. The van der Waals surface area contributed by atoms with Crippen LogP contribution >= 0.6 is 23.4 Å². The van der Waals surface area contributed by atoms with Crippen molar-refractivity contribution in [2.24, 2.45) is 12.8 Å². The third-order valence-corrected chi connectivity index (χ3v) is 4.25. The summed E-state index contributed by atoms with van der Waals surface area (Å²) in [5, 5.41) is 1.97. The fourth-order valence-electron chi connectivity index (χ4n) is 1.75. The molecule has 0 aliphatic heterocycles. The van der Waals surface area contributed by atoms with Crippen molar-refractivity contribution in [3.05, 3.63) is 40.8 Å². The zero-order chi connectivity index (χ0) is 15.3. The third kappa shape index (κ3) is 4.01. The number of hydrogen-bond acceptors (Lipinski definition) is 3. The second kappa shape index (κ2) is 7.72. The molecule has 0 bridgehead atoms. The summed E-state index contributed by atoms with van der Waals surface area (Å²) in [5.41, 5.74) is 5.65. The van der Waals surface area contributed by atoms with E-state index in [-0.39, 0.29) is 0 Å². The molecule has 5 heteroatoms. The fourth-order valence-corrected chi connectivity index (χ4v) is 3.22. The van der Waals surface area contributed by atoms with E-state index in [2.05, 4.69) is 42.2 Å². The molecule has 110 valence electrons. The molecule has 20 heavy (non-hydrogen) atoms. The lowest BCUT2D eigenvalue weighted by molar-refractivity contribution is 0.754. The third-order valence-electron chi connectivity index (χ3n) is 2.85. The molecule has 1 aromatic carbocycles. The number of imidazole rings is 1. The number of hydrogen-bond donors (Lipinski definition) is 1. The number of aromatic nitrogens is 2. The molecule has 0 saturated heterocycles. The molecule has 2 N–H and O–H groups in total. The summed E-state index contributed by atoms with van der Waals surface area (Å²) in [7, 11) is 3.56. The summed E-state index contributed by atoms with van der Waals surface area (Å²) in [4.78, 5) is 5.78. The van der Waals surface area contributed by atoms with Gasteiger partial charge in [0, 0.05) is 17.0 Å². The van der Waals surface area contributed by atoms with Crippen LogP contribution in [0.5, 0.6) is 0 Å². The first-order chi connectivity index (χ1) is 9.49. The summed E-state index contributed by atoms with van der Waals surface area (Å²) in [6, 6.07) is 7.92. The maximum absolute atomic E-state index is 6.02. The van der Waals surface area contributed by atoms with E-state index in [9.17, 15) is 0 Å². The van der Waals surface area contributed by atoms with Gasteiger partial charge in [-0.1, -0.05) is 43.3 Å². The molecule has 0 aliphatic carbocycles. The van der Waals surface area contributed by atoms with Gasteiger partial charge < -0.3 is 10.3 Å². The highest BCUT2D eigenvalue weighted by molar-refractivity contribution is 7.99. The quantitative estimate of drug-likeness (QED) is 0.922. The summed E-state index contributed by atoms with van der Waals surface area (Å²) in [6.07, 6.45) is 0. The van der Waals surface area contributed by atoms with E-state index in [4.69, 9.17) is 11.6 Å². The van der Waals surface area contributed by atoms with Gasteiger partial charge in [0.2, 0.25) is 0 Å². The molecule has 0 radical (unpaired) electrons. The SMILES string of the molecule is CN.Cc1nc(C(C)C)c(Sc2cccc(Cl)c2)n1C. The molecule has 2 rings (SSSR count). The Hall–Kier alpha value is -0.970. The Morgan fingerprint density at radius 1 is 1.30 bits per heavy atom. The maximum Gasteiger partial charge on any atom is 0.106 e. The number of rotatable bonds is 3. The van der Waals surface area contributed by atoms with E-state index in [1.54, 1.807) is 11.8 Å². The summed E-state index contributed by atoms with van der Waals surface area (Å²) < 4.78 is 2.14. The van der Waals surface area contributed by atoms with Gasteiger partial charge in [-0.15, -0.1) is 0 Å². The molecule has 0 amide bonds. The van der Waals surface area contributed by atoms with Crippen LogP contribution in [0.1, 0.15) is 31.3 Å². The summed E-state index contributed by atoms with van der Waals surface area (Å²) in [6.45, 7) is 6.38. The standard InChI is InChI=1S/C14H17ClN2S.CH5N/c1-9(2)13-14(17(4)10(3)16-13)18-12-7-5-6-11(15)8-12;1-2/h5-9H,1-4H3;2H2,1H3. The Balaban J connectivity index is 0.000000956. The Morgan fingerprint density at radius 2 is 1.95 bits per heavy atom. The van der Waals surface area contributed by atoms with Gasteiger partial charge in [-0.25, -0.2) is 4.98 Å². The predicted molar refractivity (Wildman–Crippen MR) is 87.7 cm³/mol. The Labute approximate surface area is 130 Å². The Bertz CT molecular complexity index is 564. The van der Waals surface area contributed by atoms with Crippen LogP contribution in [0.2, 0.25) is 5.02 Å². The van der Waals surface area contributed by atoms with Gasteiger partial charge in [0.15, 0.2) is 0 Å². The molecule has 0 fully saturated rings. The van der Waals surface area contributed by atoms with Crippen molar-refractivity contribution in [2.45, 2.75) is 36.6 Å². The van der Waals surface area contributed by atoms with Crippen LogP contribution in [0.4, 0.5) is 0 Å². The highest BCUT2D eigenvalue weighted by Gasteiger charge is 2.16. The monoisotopic (exact) mass is 311 g/mol. The van der Waals surface area contributed by atoms with Gasteiger partial charge in [0.1, 0.15) is 10.9 Å². The van der Waals surface area contributed by atoms with Crippen LogP contribution < -0.4 is 5.73 Å².